The number of morpholine rings is 1. The lowest BCUT2D eigenvalue weighted by atomic mass is 9.91. The Hall–Kier alpha value is -1.77. The smallest absolute Gasteiger partial charge is 0.320 e. The Labute approximate surface area is 174 Å². The summed E-state index contributed by atoms with van der Waals surface area (Å²) in [6.07, 6.45) is 1.91. The molecule has 2 aromatic rings. The van der Waals surface area contributed by atoms with Crippen molar-refractivity contribution < 1.29 is 9.53 Å². The van der Waals surface area contributed by atoms with Crippen molar-refractivity contribution in [3.63, 3.8) is 0 Å². The minimum absolute atomic E-state index is 0.153. The number of urea groups is 1. The van der Waals surface area contributed by atoms with Crippen LogP contribution in [0.3, 0.4) is 0 Å². The molecule has 2 amide bonds. The van der Waals surface area contributed by atoms with Crippen molar-refractivity contribution >= 4 is 34.8 Å². The van der Waals surface area contributed by atoms with Crippen LogP contribution in [0.15, 0.2) is 12.1 Å². The average molecular weight is 424 g/mol. The molecular formula is C19H26ClN5O2S. The summed E-state index contributed by atoms with van der Waals surface area (Å²) < 4.78 is 6.14. The van der Waals surface area contributed by atoms with E-state index in [4.69, 9.17) is 16.3 Å². The van der Waals surface area contributed by atoms with Crippen molar-refractivity contribution in [1.82, 2.24) is 20.0 Å². The van der Waals surface area contributed by atoms with Gasteiger partial charge in [0.25, 0.3) is 0 Å². The van der Waals surface area contributed by atoms with Crippen LogP contribution in [0.25, 0.3) is 0 Å². The first kappa shape index (κ1) is 19.5. The molecule has 4 heterocycles. The van der Waals surface area contributed by atoms with Gasteiger partial charge in [0.2, 0.25) is 0 Å². The molecule has 4 rings (SSSR count). The molecule has 0 unspecified atom stereocenters. The van der Waals surface area contributed by atoms with Crippen molar-refractivity contribution in [2.24, 2.45) is 0 Å². The predicted molar refractivity (Wildman–Crippen MR) is 111 cm³/mol. The Morgan fingerprint density at radius 1 is 1.29 bits per heavy atom. The molecule has 2 saturated heterocycles. The van der Waals surface area contributed by atoms with Gasteiger partial charge in [0.1, 0.15) is 0 Å². The molecule has 0 spiro atoms. The lowest BCUT2D eigenvalue weighted by molar-refractivity contribution is 0.0411. The highest BCUT2D eigenvalue weighted by molar-refractivity contribution is 7.16. The summed E-state index contributed by atoms with van der Waals surface area (Å²) in [4.78, 5) is 17.7. The Balaban J connectivity index is 1.32. The number of anilines is 1. The molecule has 0 atom stereocenters. The second-order valence-electron chi connectivity index (χ2n) is 7.31. The van der Waals surface area contributed by atoms with Crippen LogP contribution >= 0.6 is 22.9 Å². The molecule has 2 aromatic heterocycles. The summed E-state index contributed by atoms with van der Waals surface area (Å²) >= 11 is 7.57. The van der Waals surface area contributed by atoms with E-state index in [1.54, 1.807) is 11.3 Å². The van der Waals surface area contributed by atoms with Crippen LogP contribution in [0, 0.1) is 6.92 Å². The van der Waals surface area contributed by atoms with E-state index < -0.39 is 0 Å². The molecule has 28 heavy (non-hydrogen) atoms. The number of nitrogens with one attached hydrogen (secondary N) is 2. The predicted octanol–water partition coefficient (Wildman–Crippen LogP) is 3.68. The average Bonchev–Trinajstić information content (AvgIpc) is 3.32. The fraction of sp³-hybridized carbons (Fsp3) is 0.579. The lowest BCUT2D eigenvalue weighted by Gasteiger charge is -2.37. The zero-order chi connectivity index (χ0) is 19.5. The second-order valence-corrected chi connectivity index (χ2v) is 9.11. The van der Waals surface area contributed by atoms with Crippen LogP contribution in [-0.2, 0) is 11.3 Å². The zero-order valence-electron chi connectivity index (χ0n) is 16.0. The first-order chi connectivity index (χ1) is 13.6. The number of carbonyl (C=O) groups is 1. The van der Waals surface area contributed by atoms with Gasteiger partial charge in [-0.05, 0) is 31.9 Å². The summed E-state index contributed by atoms with van der Waals surface area (Å²) in [5.41, 5.74) is 2.35. The van der Waals surface area contributed by atoms with Crippen molar-refractivity contribution in [2.75, 3.05) is 44.7 Å². The molecule has 7 nitrogen and oxygen atoms in total. The first-order valence-corrected chi connectivity index (χ1v) is 11.0. The van der Waals surface area contributed by atoms with E-state index in [1.807, 2.05) is 21.9 Å². The SMILES string of the molecule is Cc1c(NCc2ccc(Cl)s2)n[nH]c1C1CCN(C(=O)N2CCOCC2)CC1. The number of halogens is 1. The van der Waals surface area contributed by atoms with Crippen LogP contribution in [-0.4, -0.2) is 65.4 Å². The monoisotopic (exact) mass is 423 g/mol. The Kier molecular flexibility index (Phi) is 6.08. The van der Waals surface area contributed by atoms with Crippen molar-refractivity contribution in [3.05, 3.63) is 32.6 Å². The van der Waals surface area contributed by atoms with E-state index in [9.17, 15) is 4.79 Å². The number of rotatable bonds is 4. The molecule has 0 saturated carbocycles. The second kappa shape index (κ2) is 8.71. The minimum atomic E-state index is 0.153. The number of amides is 2. The standard InChI is InChI=1S/C19H26ClN5O2S/c1-13-17(22-23-18(13)21-12-15-2-3-16(20)28-15)14-4-6-24(7-5-14)19(26)25-8-10-27-11-9-25/h2-3,14H,4-12H2,1H3,(H2,21,22,23). The highest BCUT2D eigenvalue weighted by atomic mass is 35.5. The minimum Gasteiger partial charge on any atom is -0.378 e. The van der Waals surface area contributed by atoms with E-state index in [0.29, 0.717) is 32.2 Å². The number of likely N-dealkylation sites (tertiary alicyclic amines) is 1. The Morgan fingerprint density at radius 3 is 2.68 bits per heavy atom. The fourth-order valence-electron chi connectivity index (χ4n) is 3.91. The molecule has 2 fully saturated rings. The molecule has 2 aliphatic rings. The van der Waals surface area contributed by atoms with Crippen LogP contribution in [0.2, 0.25) is 4.34 Å². The summed E-state index contributed by atoms with van der Waals surface area (Å²) in [5.74, 6) is 1.30. The van der Waals surface area contributed by atoms with Gasteiger partial charge in [-0.1, -0.05) is 11.6 Å². The maximum atomic E-state index is 12.6. The molecule has 2 aliphatic heterocycles. The molecule has 0 aliphatic carbocycles. The van der Waals surface area contributed by atoms with Crippen LogP contribution in [0.1, 0.15) is 34.9 Å². The van der Waals surface area contributed by atoms with Gasteiger partial charge in [-0.25, -0.2) is 4.79 Å². The van der Waals surface area contributed by atoms with Gasteiger partial charge in [-0.15, -0.1) is 11.3 Å². The van der Waals surface area contributed by atoms with E-state index in [0.717, 1.165) is 42.6 Å². The Morgan fingerprint density at radius 2 is 2.00 bits per heavy atom. The van der Waals surface area contributed by atoms with E-state index in [2.05, 4.69) is 22.4 Å². The number of nitrogens with zero attached hydrogens (tertiary/aromatic N) is 3. The third-order valence-corrected chi connectivity index (χ3v) is 6.79. The number of ether oxygens (including phenoxy) is 1. The molecule has 0 aromatic carbocycles. The molecule has 0 bridgehead atoms. The normalized spacial score (nSPS) is 18.5. The van der Waals surface area contributed by atoms with Crippen molar-refractivity contribution in [1.29, 1.82) is 0 Å². The number of aromatic amines is 1. The van der Waals surface area contributed by atoms with Gasteiger partial charge in [0, 0.05) is 48.2 Å². The van der Waals surface area contributed by atoms with Gasteiger partial charge in [0.15, 0.2) is 5.82 Å². The molecule has 152 valence electrons. The van der Waals surface area contributed by atoms with Gasteiger partial charge in [-0.3, -0.25) is 5.10 Å². The summed E-state index contributed by atoms with van der Waals surface area (Å²) in [6.45, 7) is 7.08. The number of H-pyrrole nitrogens is 1. The maximum Gasteiger partial charge on any atom is 0.320 e. The zero-order valence-corrected chi connectivity index (χ0v) is 17.6. The third kappa shape index (κ3) is 4.29. The van der Waals surface area contributed by atoms with Crippen molar-refractivity contribution in [2.45, 2.75) is 32.2 Å². The number of thiophene rings is 1. The van der Waals surface area contributed by atoms with Crippen LogP contribution in [0.5, 0.6) is 0 Å². The number of carbonyl (C=O) groups excluding carboxylic acids is 1. The van der Waals surface area contributed by atoms with Gasteiger partial charge in [0.05, 0.1) is 24.1 Å². The lowest BCUT2D eigenvalue weighted by Crippen LogP contribution is -2.50. The van der Waals surface area contributed by atoms with Crippen LogP contribution < -0.4 is 5.32 Å². The van der Waals surface area contributed by atoms with Gasteiger partial charge >= 0.3 is 6.03 Å². The van der Waals surface area contributed by atoms with Gasteiger partial charge < -0.3 is 19.9 Å². The maximum absolute atomic E-state index is 12.6. The van der Waals surface area contributed by atoms with Gasteiger partial charge in [-0.2, -0.15) is 5.10 Å². The first-order valence-electron chi connectivity index (χ1n) is 9.76. The molecule has 2 N–H and O–H groups in total. The summed E-state index contributed by atoms with van der Waals surface area (Å²) in [7, 11) is 0. The van der Waals surface area contributed by atoms with E-state index in [1.165, 1.54) is 16.1 Å². The Bertz CT molecular complexity index is 809. The van der Waals surface area contributed by atoms with E-state index >= 15 is 0 Å². The fourth-order valence-corrected chi connectivity index (χ4v) is 4.94. The summed E-state index contributed by atoms with van der Waals surface area (Å²) in [5, 5.41) is 11.1. The number of hydrogen-bond acceptors (Lipinski definition) is 5. The number of piperidine rings is 1. The highest BCUT2D eigenvalue weighted by Crippen LogP contribution is 2.32. The molecular weight excluding hydrogens is 398 g/mol. The number of aromatic nitrogens is 2. The topological polar surface area (TPSA) is 73.5 Å². The molecule has 9 heteroatoms. The van der Waals surface area contributed by atoms with Crippen LogP contribution in [0.4, 0.5) is 10.6 Å². The molecule has 0 radical (unpaired) electrons. The van der Waals surface area contributed by atoms with E-state index in [-0.39, 0.29) is 6.03 Å². The largest absolute Gasteiger partial charge is 0.378 e. The van der Waals surface area contributed by atoms with Crippen molar-refractivity contribution in [3.8, 4) is 0 Å². The highest BCUT2D eigenvalue weighted by Gasteiger charge is 2.29. The number of hydrogen-bond donors (Lipinski definition) is 2. The summed E-state index contributed by atoms with van der Waals surface area (Å²) in [6, 6.07) is 4.10. The quantitative estimate of drug-likeness (QED) is 0.786. The third-order valence-electron chi connectivity index (χ3n) is 5.56.